The van der Waals surface area contributed by atoms with Gasteiger partial charge in [0, 0.05) is 32.9 Å². The van der Waals surface area contributed by atoms with E-state index in [4.69, 9.17) is 0 Å². The molecule has 0 aliphatic rings. The van der Waals surface area contributed by atoms with E-state index in [1.165, 1.54) is 77.0 Å². The number of rotatable bonds is 5. The van der Waals surface area contributed by atoms with Crippen LogP contribution in [0.2, 0.25) is 0 Å². The Bertz CT molecular complexity index is 2740. The molecule has 0 spiro atoms. The fourth-order valence-corrected chi connectivity index (χ4v) is 7.79. The van der Waals surface area contributed by atoms with Gasteiger partial charge in [0.25, 0.3) is 0 Å². The lowest BCUT2D eigenvalue weighted by Crippen LogP contribution is -1.96. The molecule has 0 unspecified atom stereocenters. The van der Waals surface area contributed by atoms with Gasteiger partial charge in [-0.25, -0.2) is 0 Å². The Balaban J connectivity index is 1.19. The summed E-state index contributed by atoms with van der Waals surface area (Å²) in [4.78, 5) is 0. The van der Waals surface area contributed by atoms with Crippen molar-refractivity contribution in [3.05, 3.63) is 194 Å². The smallest absolute Gasteiger partial charge is 0.0547 e. The van der Waals surface area contributed by atoms with Crippen LogP contribution in [0.25, 0.3) is 88.4 Å². The maximum Gasteiger partial charge on any atom is 0.0547 e. The van der Waals surface area contributed by atoms with Gasteiger partial charge in [0.15, 0.2) is 0 Å². The molecule has 2 nitrogen and oxygen atoms in total. The second-order valence-electron chi connectivity index (χ2n) is 13.0. The second-order valence-corrected chi connectivity index (χ2v) is 13.0. The highest BCUT2D eigenvalue weighted by Gasteiger charge is 2.17. The minimum Gasteiger partial charge on any atom is -0.309 e. The molecule has 0 aliphatic carbocycles. The molecule has 10 aromatic rings. The number of hydrogen-bond acceptors (Lipinski definition) is 0. The second kappa shape index (κ2) is 11.5. The largest absolute Gasteiger partial charge is 0.309 e. The van der Waals surface area contributed by atoms with Crippen LogP contribution in [-0.4, -0.2) is 9.13 Å². The van der Waals surface area contributed by atoms with E-state index in [9.17, 15) is 0 Å². The van der Waals surface area contributed by atoms with E-state index < -0.39 is 0 Å². The van der Waals surface area contributed by atoms with E-state index in [0.29, 0.717) is 0 Å². The molecule has 0 amide bonds. The first kappa shape index (κ1) is 28.4. The van der Waals surface area contributed by atoms with Gasteiger partial charge in [-0.1, -0.05) is 140 Å². The fraction of sp³-hybridized carbons (Fsp3) is 0. The SMILES string of the molecule is c1ccc(-c2cc(-c3ccccc3)cc(-n3c4ccccc4c4ccc(-c5cccc(-n6c7ccccc7c7ccccc76)c5)cc43)c2)cc1. The van der Waals surface area contributed by atoms with Crippen molar-refractivity contribution in [1.29, 1.82) is 0 Å². The molecule has 0 fully saturated rings. The Labute approximate surface area is 290 Å². The van der Waals surface area contributed by atoms with Gasteiger partial charge < -0.3 is 9.13 Å². The van der Waals surface area contributed by atoms with Gasteiger partial charge in [-0.3, -0.25) is 0 Å². The van der Waals surface area contributed by atoms with E-state index in [-0.39, 0.29) is 0 Å². The van der Waals surface area contributed by atoms with Gasteiger partial charge in [-0.2, -0.15) is 0 Å². The third kappa shape index (κ3) is 4.57. The van der Waals surface area contributed by atoms with Crippen molar-refractivity contribution in [2.24, 2.45) is 0 Å². The van der Waals surface area contributed by atoms with Crippen molar-refractivity contribution in [3.63, 3.8) is 0 Å². The fourth-order valence-electron chi connectivity index (χ4n) is 7.79. The van der Waals surface area contributed by atoms with Crippen LogP contribution in [-0.2, 0) is 0 Å². The van der Waals surface area contributed by atoms with Gasteiger partial charge in [-0.05, 0) is 88.0 Å². The zero-order chi connectivity index (χ0) is 33.0. The first-order valence-electron chi connectivity index (χ1n) is 17.2. The molecular formula is C48H32N2. The lowest BCUT2D eigenvalue weighted by molar-refractivity contribution is 1.18. The molecule has 10 rings (SSSR count). The molecule has 50 heavy (non-hydrogen) atoms. The molecule has 0 saturated carbocycles. The van der Waals surface area contributed by atoms with Crippen LogP contribution in [0.1, 0.15) is 0 Å². The Morgan fingerprint density at radius 3 is 1.20 bits per heavy atom. The highest BCUT2D eigenvalue weighted by Crippen LogP contribution is 2.39. The van der Waals surface area contributed by atoms with Crippen molar-refractivity contribution in [1.82, 2.24) is 9.13 Å². The summed E-state index contributed by atoms with van der Waals surface area (Å²) >= 11 is 0. The van der Waals surface area contributed by atoms with Crippen LogP contribution < -0.4 is 0 Å². The molecule has 0 atom stereocenters. The van der Waals surface area contributed by atoms with E-state index in [1.54, 1.807) is 0 Å². The maximum atomic E-state index is 2.45. The molecule has 2 aromatic heterocycles. The van der Waals surface area contributed by atoms with Crippen LogP contribution in [0.15, 0.2) is 194 Å². The lowest BCUT2D eigenvalue weighted by atomic mass is 9.98. The molecule has 0 saturated heterocycles. The number of aromatic nitrogens is 2. The highest BCUT2D eigenvalue weighted by atomic mass is 15.0. The monoisotopic (exact) mass is 636 g/mol. The molecule has 8 aromatic carbocycles. The quantitative estimate of drug-likeness (QED) is 0.178. The Morgan fingerprint density at radius 1 is 0.220 bits per heavy atom. The summed E-state index contributed by atoms with van der Waals surface area (Å²) in [5.41, 5.74) is 14.3. The summed E-state index contributed by atoms with van der Waals surface area (Å²) in [6.07, 6.45) is 0. The van der Waals surface area contributed by atoms with Crippen molar-refractivity contribution >= 4 is 43.6 Å². The van der Waals surface area contributed by atoms with Gasteiger partial charge in [0.05, 0.1) is 22.1 Å². The topological polar surface area (TPSA) is 9.86 Å². The summed E-state index contributed by atoms with van der Waals surface area (Å²) < 4.78 is 4.84. The number of fused-ring (bicyclic) bond motifs is 6. The third-order valence-corrected chi connectivity index (χ3v) is 10.1. The lowest BCUT2D eigenvalue weighted by Gasteiger charge is -2.15. The predicted molar refractivity (Wildman–Crippen MR) is 211 cm³/mol. The number of hydrogen-bond donors (Lipinski definition) is 0. The molecule has 0 bridgehead atoms. The first-order valence-corrected chi connectivity index (χ1v) is 17.2. The van der Waals surface area contributed by atoms with Crippen LogP contribution in [0.5, 0.6) is 0 Å². The third-order valence-electron chi connectivity index (χ3n) is 10.1. The molecule has 234 valence electrons. The average Bonchev–Trinajstić information content (AvgIpc) is 3.71. The van der Waals surface area contributed by atoms with Crippen molar-refractivity contribution < 1.29 is 0 Å². The van der Waals surface area contributed by atoms with Crippen LogP contribution >= 0.6 is 0 Å². The van der Waals surface area contributed by atoms with Crippen molar-refractivity contribution in [3.8, 4) is 44.8 Å². The summed E-state index contributed by atoms with van der Waals surface area (Å²) in [7, 11) is 0. The van der Waals surface area contributed by atoms with E-state index in [0.717, 1.165) is 11.4 Å². The van der Waals surface area contributed by atoms with Gasteiger partial charge in [0.1, 0.15) is 0 Å². The predicted octanol–water partition coefficient (Wildman–Crippen LogP) is 12.9. The van der Waals surface area contributed by atoms with E-state index in [2.05, 4.69) is 203 Å². The molecular weight excluding hydrogens is 605 g/mol. The van der Waals surface area contributed by atoms with E-state index >= 15 is 0 Å². The summed E-state index contributed by atoms with van der Waals surface area (Å²) in [6, 6.07) is 70.5. The average molecular weight is 637 g/mol. The maximum absolute atomic E-state index is 2.45. The Kier molecular flexibility index (Phi) is 6.53. The molecule has 2 heteroatoms. The standard InChI is InChI=1S/C48H32N2/c1-3-14-33(15-4-1)37-28-38(34-16-5-2-6-17-34)31-40(30-37)50-47-25-12-9-22-43(47)44-27-26-36(32-48(44)50)35-18-13-19-39(29-35)49-45-23-10-7-20-41(45)42-21-8-11-24-46(42)49/h1-32H. The Morgan fingerprint density at radius 2 is 0.640 bits per heavy atom. The molecule has 0 aliphatic heterocycles. The minimum absolute atomic E-state index is 1.15. The van der Waals surface area contributed by atoms with Gasteiger partial charge >= 0.3 is 0 Å². The normalized spacial score (nSPS) is 11.6. The first-order chi connectivity index (χ1) is 24.8. The minimum atomic E-state index is 1.15. The van der Waals surface area contributed by atoms with Gasteiger partial charge in [-0.15, -0.1) is 0 Å². The zero-order valence-corrected chi connectivity index (χ0v) is 27.4. The summed E-state index contributed by atoms with van der Waals surface area (Å²) in [5.74, 6) is 0. The van der Waals surface area contributed by atoms with Crippen LogP contribution in [0.3, 0.4) is 0 Å². The van der Waals surface area contributed by atoms with Crippen molar-refractivity contribution in [2.75, 3.05) is 0 Å². The molecule has 2 heterocycles. The van der Waals surface area contributed by atoms with E-state index in [1.807, 2.05) is 0 Å². The number of nitrogens with zero attached hydrogens (tertiary/aromatic N) is 2. The van der Waals surface area contributed by atoms with Crippen molar-refractivity contribution in [2.45, 2.75) is 0 Å². The van der Waals surface area contributed by atoms with Crippen LogP contribution in [0, 0.1) is 0 Å². The van der Waals surface area contributed by atoms with Gasteiger partial charge in [0.2, 0.25) is 0 Å². The zero-order valence-electron chi connectivity index (χ0n) is 27.4. The molecule has 0 N–H and O–H groups in total. The Hall–Kier alpha value is -6.64. The summed E-state index contributed by atoms with van der Waals surface area (Å²) in [6.45, 7) is 0. The summed E-state index contributed by atoms with van der Waals surface area (Å²) in [5, 5.41) is 5.04. The number of para-hydroxylation sites is 3. The molecule has 0 radical (unpaired) electrons. The number of benzene rings is 8. The van der Waals surface area contributed by atoms with Crippen LogP contribution in [0.4, 0.5) is 0 Å². The highest BCUT2D eigenvalue weighted by molar-refractivity contribution is 6.11.